The van der Waals surface area contributed by atoms with Crippen LogP contribution in [0.1, 0.15) is 30.9 Å². The van der Waals surface area contributed by atoms with E-state index in [2.05, 4.69) is 53.3 Å². The highest BCUT2D eigenvalue weighted by Gasteiger charge is 2.09. The Hall–Kier alpha value is -1.26. The third-order valence-corrected chi connectivity index (χ3v) is 4.74. The van der Waals surface area contributed by atoms with E-state index in [4.69, 9.17) is 0 Å². The summed E-state index contributed by atoms with van der Waals surface area (Å²) in [6.07, 6.45) is 0. The van der Waals surface area contributed by atoms with Crippen LogP contribution in [0.4, 0.5) is 5.69 Å². The van der Waals surface area contributed by atoms with Gasteiger partial charge in [0.2, 0.25) is 5.91 Å². The fourth-order valence-corrected chi connectivity index (χ4v) is 3.41. The molecule has 0 spiro atoms. The Morgan fingerprint density at radius 1 is 1.18 bits per heavy atom. The number of nitrogens with one attached hydrogen (secondary N) is 1. The summed E-state index contributed by atoms with van der Waals surface area (Å²) in [7, 11) is 0. The predicted molar refractivity (Wildman–Crippen MR) is 99.5 cm³/mol. The van der Waals surface area contributed by atoms with E-state index in [-0.39, 0.29) is 5.91 Å². The molecular weight excluding hydrogens is 358 g/mol. The van der Waals surface area contributed by atoms with Gasteiger partial charge in [-0.05, 0) is 35.2 Å². The van der Waals surface area contributed by atoms with E-state index in [9.17, 15) is 4.79 Å². The van der Waals surface area contributed by atoms with E-state index in [0.29, 0.717) is 11.7 Å². The Labute approximate surface area is 144 Å². The normalized spacial score (nSPS) is 10.7. The third-order valence-electron chi connectivity index (χ3n) is 3.25. The van der Waals surface area contributed by atoms with Gasteiger partial charge >= 0.3 is 0 Å². The van der Waals surface area contributed by atoms with Gasteiger partial charge in [-0.15, -0.1) is 11.8 Å². The first-order valence-electron chi connectivity index (χ1n) is 7.27. The van der Waals surface area contributed by atoms with Crippen LogP contribution in [0.5, 0.6) is 0 Å². The molecule has 0 aromatic heterocycles. The van der Waals surface area contributed by atoms with Crippen LogP contribution >= 0.6 is 27.7 Å². The lowest BCUT2D eigenvalue weighted by atomic mass is 10.0. The predicted octanol–water partition coefficient (Wildman–Crippen LogP) is 5.44. The average Bonchev–Trinajstić information content (AvgIpc) is 2.47. The summed E-state index contributed by atoms with van der Waals surface area (Å²) < 4.78 is 1.07. The number of para-hydroxylation sites is 1. The number of benzene rings is 2. The summed E-state index contributed by atoms with van der Waals surface area (Å²) in [5, 5.41) is 3.02. The van der Waals surface area contributed by atoms with E-state index in [1.54, 1.807) is 11.8 Å². The lowest BCUT2D eigenvalue weighted by Crippen LogP contribution is -2.15. The van der Waals surface area contributed by atoms with Crippen molar-refractivity contribution in [3.8, 4) is 0 Å². The number of amides is 1. The molecule has 0 aliphatic rings. The quantitative estimate of drug-likeness (QED) is 0.725. The van der Waals surface area contributed by atoms with E-state index in [0.717, 1.165) is 15.9 Å². The molecule has 0 atom stereocenters. The molecule has 0 unspecified atom stereocenters. The van der Waals surface area contributed by atoms with Gasteiger partial charge in [-0.2, -0.15) is 0 Å². The maximum Gasteiger partial charge on any atom is 0.234 e. The number of hydrogen-bond acceptors (Lipinski definition) is 2. The molecule has 0 aliphatic carbocycles. The number of carbonyl (C=O) groups is 1. The number of hydrogen-bond donors (Lipinski definition) is 1. The maximum atomic E-state index is 12.1. The maximum absolute atomic E-state index is 12.1. The lowest BCUT2D eigenvalue weighted by Gasteiger charge is -2.13. The van der Waals surface area contributed by atoms with Crippen LogP contribution in [0, 0.1) is 0 Å². The summed E-state index contributed by atoms with van der Waals surface area (Å²) in [5.74, 6) is 1.73. The number of carbonyl (C=O) groups excluding carboxylic acids is 1. The molecule has 0 heterocycles. The molecular formula is C18H20BrNOS. The fraction of sp³-hybridized carbons (Fsp3) is 0.278. The van der Waals surface area contributed by atoms with Gasteiger partial charge in [-0.25, -0.2) is 0 Å². The first kappa shape index (κ1) is 17.1. The summed E-state index contributed by atoms with van der Waals surface area (Å²) in [4.78, 5) is 12.1. The van der Waals surface area contributed by atoms with Crippen molar-refractivity contribution in [3.05, 3.63) is 64.1 Å². The van der Waals surface area contributed by atoms with E-state index in [1.807, 2.05) is 30.3 Å². The third kappa shape index (κ3) is 5.18. The molecule has 0 saturated heterocycles. The second kappa shape index (κ2) is 8.39. The van der Waals surface area contributed by atoms with Crippen molar-refractivity contribution >= 4 is 39.3 Å². The minimum absolute atomic E-state index is 0.0492. The smallest absolute Gasteiger partial charge is 0.234 e. The molecule has 2 aromatic carbocycles. The number of halogens is 1. The highest BCUT2D eigenvalue weighted by atomic mass is 79.9. The van der Waals surface area contributed by atoms with Crippen molar-refractivity contribution in [2.45, 2.75) is 25.5 Å². The lowest BCUT2D eigenvalue weighted by molar-refractivity contribution is -0.113. The fourth-order valence-electron chi connectivity index (χ4n) is 2.19. The highest BCUT2D eigenvalue weighted by Crippen LogP contribution is 2.24. The Kier molecular flexibility index (Phi) is 6.52. The van der Waals surface area contributed by atoms with Gasteiger partial charge in [0.1, 0.15) is 0 Å². The van der Waals surface area contributed by atoms with Gasteiger partial charge in [-0.3, -0.25) is 4.79 Å². The first-order valence-corrected chi connectivity index (χ1v) is 9.22. The largest absolute Gasteiger partial charge is 0.325 e. The van der Waals surface area contributed by atoms with Crippen LogP contribution in [-0.2, 0) is 10.5 Å². The van der Waals surface area contributed by atoms with Gasteiger partial charge < -0.3 is 5.32 Å². The average molecular weight is 378 g/mol. The second-order valence-electron chi connectivity index (χ2n) is 5.41. The van der Waals surface area contributed by atoms with Gasteiger partial charge in [0.25, 0.3) is 0 Å². The summed E-state index contributed by atoms with van der Waals surface area (Å²) in [5.41, 5.74) is 3.31. The number of anilines is 1. The van der Waals surface area contributed by atoms with Gasteiger partial charge in [0.05, 0.1) is 5.75 Å². The summed E-state index contributed by atoms with van der Waals surface area (Å²) >= 11 is 5.08. The zero-order valence-electron chi connectivity index (χ0n) is 12.8. The minimum Gasteiger partial charge on any atom is -0.325 e. The van der Waals surface area contributed by atoms with E-state index < -0.39 is 0 Å². The Bertz CT molecular complexity index is 642. The van der Waals surface area contributed by atoms with Crippen LogP contribution in [0.3, 0.4) is 0 Å². The highest BCUT2D eigenvalue weighted by molar-refractivity contribution is 9.10. The molecule has 2 nitrogen and oxygen atoms in total. The van der Waals surface area contributed by atoms with Crippen molar-refractivity contribution in [3.63, 3.8) is 0 Å². The van der Waals surface area contributed by atoms with Crippen LogP contribution in [0.25, 0.3) is 0 Å². The van der Waals surface area contributed by atoms with Gasteiger partial charge in [0.15, 0.2) is 0 Å². The molecule has 1 amide bonds. The summed E-state index contributed by atoms with van der Waals surface area (Å²) in [6.45, 7) is 4.26. The molecule has 4 heteroatoms. The molecule has 22 heavy (non-hydrogen) atoms. The van der Waals surface area contributed by atoms with Crippen LogP contribution in [0.2, 0.25) is 0 Å². The van der Waals surface area contributed by atoms with Crippen LogP contribution < -0.4 is 5.32 Å². The van der Waals surface area contributed by atoms with Gasteiger partial charge in [-0.1, -0.05) is 60.1 Å². The van der Waals surface area contributed by atoms with Crippen molar-refractivity contribution < 1.29 is 4.79 Å². The zero-order valence-corrected chi connectivity index (χ0v) is 15.2. The Morgan fingerprint density at radius 3 is 2.68 bits per heavy atom. The van der Waals surface area contributed by atoms with Crippen LogP contribution in [-0.4, -0.2) is 11.7 Å². The molecule has 2 aromatic rings. The zero-order chi connectivity index (χ0) is 15.9. The molecule has 1 N–H and O–H groups in total. The summed E-state index contributed by atoms with van der Waals surface area (Å²) in [6, 6.07) is 16.2. The minimum atomic E-state index is 0.0492. The van der Waals surface area contributed by atoms with E-state index in [1.165, 1.54) is 11.1 Å². The van der Waals surface area contributed by atoms with Crippen molar-refractivity contribution in [2.75, 3.05) is 11.1 Å². The second-order valence-corrected chi connectivity index (χ2v) is 7.31. The molecule has 0 fully saturated rings. The van der Waals surface area contributed by atoms with E-state index >= 15 is 0 Å². The molecule has 0 saturated carbocycles. The standard InChI is InChI=1S/C18H20BrNOS/c1-13(2)16-8-3-4-9-17(16)20-18(21)12-22-11-14-6-5-7-15(19)10-14/h3-10,13H,11-12H2,1-2H3,(H,20,21). The van der Waals surface area contributed by atoms with Crippen molar-refractivity contribution in [2.24, 2.45) is 0 Å². The van der Waals surface area contributed by atoms with Crippen molar-refractivity contribution in [1.82, 2.24) is 0 Å². The molecule has 0 aliphatic heterocycles. The monoisotopic (exact) mass is 377 g/mol. The number of thioether (sulfide) groups is 1. The SMILES string of the molecule is CC(C)c1ccccc1NC(=O)CSCc1cccc(Br)c1. The van der Waals surface area contributed by atoms with Gasteiger partial charge in [0, 0.05) is 15.9 Å². The number of rotatable bonds is 6. The molecule has 2 rings (SSSR count). The Balaban J connectivity index is 1.86. The molecule has 0 bridgehead atoms. The Morgan fingerprint density at radius 2 is 1.95 bits per heavy atom. The van der Waals surface area contributed by atoms with Crippen LogP contribution in [0.15, 0.2) is 53.0 Å². The van der Waals surface area contributed by atoms with Crippen molar-refractivity contribution in [1.29, 1.82) is 0 Å². The topological polar surface area (TPSA) is 29.1 Å². The molecule has 116 valence electrons. The molecule has 0 radical (unpaired) electrons. The first-order chi connectivity index (χ1) is 10.6.